The van der Waals surface area contributed by atoms with E-state index in [9.17, 15) is 4.79 Å². The highest BCUT2D eigenvalue weighted by Gasteiger charge is 2.12. The molecule has 2 aromatic rings. The van der Waals surface area contributed by atoms with Crippen LogP contribution in [0.15, 0.2) is 45.5 Å². The zero-order valence-electron chi connectivity index (χ0n) is 12.3. The molecule has 0 unspecified atom stereocenters. The number of nitrogens with zero attached hydrogens (tertiary/aromatic N) is 1. The number of aliphatic carboxylic acids is 1. The fourth-order valence-electron chi connectivity index (χ4n) is 2.16. The predicted molar refractivity (Wildman–Crippen MR) is 85.8 cm³/mol. The zero-order valence-corrected chi connectivity index (χ0v) is 13.9. The first-order valence-corrected chi connectivity index (χ1v) is 7.66. The molecule has 0 atom stereocenters. The maximum absolute atomic E-state index is 10.8. The van der Waals surface area contributed by atoms with Crippen LogP contribution in [-0.2, 0) is 17.9 Å². The highest BCUT2D eigenvalue weighted by molar-refractivity contribution is 9.10. The first-order chi connectivity index (χ1) is 10.6. The minimum absolute atomic E-state index is 0.0953. The van der Waals surface area contributed by atoms with Gasteiger partial charge in [0, 0.05) is 13.1 Å². The van der Waals surface area contributed by atoms with Crippen molar-refractivity contribution < 1.29 is 19.1 Å². The Kier molecular flexibility index (Phi) is 6.03. The average Bonchev–Trinajstić information content (AvgIpc) is 2.98. The molecule has 0 spiro atoms. The number of halogens is 1. The third-order valence-electron chi connectivity index (χ3n) is 3.22. The minimum Gasteiger partial charge on any atom is -0.496 e. The summed E-state index contributed by atoms with van der Waals surface area (Å²) in [4.78, 5) is 12.9. The summed E-state index contributed by atoms with van der Waals surface area (Å²) >= 11 is 3.46. The molecule has 5 nitrogen and oxygen atoms in total. The minimum atomic E-state index is -0.805. The van der Waals surface area contributed by atoms with Gasteiger partial charge in [-0.3, -0.25) is 9.69 Å². The summed E-state index contributed by atoms with van der Waals surface area (Å²) in [6.07, 6.45) is 1.71. The van der Waals surface area contributed by atoms with Gasteiger partial charge in [-0.2, -0.15) is 0 Å². The van der Waals surface area contributed by atoms with Crippen molar-refractivity contribution in [2.45, 2.75) is 19.5 Å². The van der Waals surface area contributed by atoms with Crippen LogP contribution in [0.5, 0.6) is 5.75 Å². The monoisotopic (exact) mass is 367 g/mol. The van der Waals surface area contributed by atoms with Gasteiger partial charge in [0.15, 0.2) is 0 Å². The summed E-state index contributed by atoms with van der Waals surface area (Å²) in [5, 5.41) is 8.89. The van der Waals surface area contributed by atoms with Crippen LogP contribution in [-0.4, -0.2) is 29.6 Å². The van der Waals surface area contributed by atoms with Crippen molar-refractivity contribution in [3.8, 4) is 5.75 Å². The highest BCUT2D eigenvalue weighted by atomic mass is 79.9. The number of carboxylic acids is 1. The van der Waals surface area contributed by atoms with Crippen molar-refractivity contribution in [2.24, 2.45) is 0 Å². The summed E-state index contributed by atoms with van der Waals surface area (Å²) in [5.74, 6) is 0.783. The van der Waals surface area contributed by atoms with Crippen molar-refractivity contribution in [1.82, 2.24) is 4.90 Å². The molecule has 0 saturated heterocycles. The van der Waals surface area contributed by atoms with Gasteiger partial charge in [-0.1, -0.05) is 6.07 Å². The molecule has 1 heterocycles. The largest absolute Gasteiger partial charge is 0.496 e. The van der Waals surface area contributed by atoms with Crippen LogP contribution in [0, 0.1) is 0 Å². The van der Waals surface area contributed by atoms with Crippen LogP contribution in [0.1, 0.15) is 17.7 Å². The fraction of sp³-hybridized carbons (Fsp3) is 0.312. The van der Waals surface area contributed by atoms with E-state index in [1.165, 1.54) is 0 Å². The van der Waals surface area contributed by atoms with E-state index in [0.29, 0.717) is 19.6 Å². The number of furan rings is 1. The van der Waals surface area contributed by atoms with Gasteiger partial charge in [0.1, 0.15) is 11.5 Å². The van der Waals surface area contributed by atoms with Gasteiger partial charge in [0.05, 0.1) is 30.8 Å². The van der Waals surface area contributed by atoms with E-state index in [-0.39, 0.29) is 6.42 Å². The maximum atomic E-state index is 10.8. The number of ether oxygens (including phenoxy) is 1. The second-order valence-corrected chi connectivity index (χ2v) is 5.76. The Morgan fingerprint density at radius 3 is 2.77 bits per heavy atom. The smallest absolute Gasteiger partial charge is 0.304 e. The summed E-state index contributed by atoms with van der Waals surface area (Å²) in [5.41, 5.74) is 1.07. The van der Waals surface area contributed by atoms with Gasteiger partial charge >= 0.3 is 5.97 Å². The Balaban J connectivity index is 2.07. The van der Waals surface area contributed by atoms with Crippen molar-refractivity contribution in [2.75, 3.05) is 13.7 Å². The van der Waals surface area contributed by atoms with Gasteiger partial charge in [0.2, 0.25) is 0 Å². The number of hydrogen-bond acceptors (Lipinski definition) is 4. The van der Waals surface area contributed by atoms with Crippen LogP contribution >= 0.6 is 15.9 Å². The van der Waals surface area contributed by atoms with Crippen LogP contribution < -0.4 is 4.74 Å². The maximum Gasteiger partial charge on any atom is 0.304 e. The molecule has 0 aliphatic heterocycles. The molecule has 2 rings (SSSR count). The third kappa shape index (κ3) is 4.89. The van der Waals surface area contributed by atoms with Crippen molar-refractivity contribution in [3.63, 3.8) is 0 Å². The molecule has 0 radical (unpaired) electrons. The van der Waals surface area contributed by atoms with Gasteiger partial charge in [-0.05, 0) is 45.8 Å². The van der Waals surface area contributed by atoms with E-state index in [1.807, 2.05) is 35.2 Å². The number of methoxy groups -OCH3 is 1. The molecule has 0 aliphatic rings. The second kappa shape index (κ2) is 8.00. The summed E-state index contributed by atoms with van der Waals surface area (Å²) in [7, 11) is 1.62. The standard InChI is InChI=1S/C16H18BrNO4/c1-21-15-5-4-12(9-14(15)17)10-18(7-6-16(19)20)11-13-3-2-8-22-13/h2-5,8-9H,6-7,10-11H2,1H3,(H,19,20). The Morgan fingerprint density at radius 2 is 2.18 bits per heavy atom. The topological polar surface area (TPSA) is 62.9 Å². The van der Waals surface area contributed by atoms with E-state index >= 15 is 0 Å². The summed E-state index contributed by atoms with van der Waals surface area (Å²) < 4.78 is 11.4. The fourth-order valence-corrected chi connectivity index (χ4v) is 2.75. The van der Waals surface area contributed by atoms with Gasteiger partial charge in [-0.15, -0.1) is 0 Å². The third-order valence-corrected chi connectivity index (χ3v) is 3.84. The average molecular weight is 368 g/mol. The predicted octanol–water partition coefficient (Wildman–Crippen LogP) is 3.53. The Hall–Kier alpha value is -1.79. The Labute approximate surface area is 137 Å². The zero-order chi connectivity index (χ0) is 15.9. The lowest BCUT2D eigenvalue weighted by atomic mass is 10.2. The number of benzene rings is 1. The molecule has 0 bridgehead atoms. The number of rotatable bonds is 8. The van der Waals surface area contributed by atoms with Crippen molar-refractivity contribution in [3.05, 3.63) is 52.4 Å². The Bertz CT molecular complexity index is 613. The SMILES string of the molecule is COc1ccc(CN(CCC(=O)O)Cc2ccco2)cc1Br. The molecule has 0 saturated carbocycles. The molecular formula is C16H18BrNO4. The quantitative estimate of drug-likeness (QED) is 0.773. The Morgan fingerprint density at radius 1 is 1.36 bits per heavy atom. The van der Waals surface area contributed by atoms with E-state index in [4.69, 9.17) is 14.3 Å². The van der Waals surface area contributed by atoms with Crippen LogP contribution in [0.4, 0.5) is 0 Å². The molecule has 0 fully saturated rings. The van der Waals surface area contributed by atoms with E-state index in [0.717, 1.165) is 21.5 Å². The molecule has 1 aromatic heterocycles. The summed E-state index contributed by atoms with van der Waals surface area (Å²) in [6, 6.07) is 9.56. The summed E-state index contributed by atoms with van der Waals surface area (Å²) in [6.45, 7) is 1.67. The van der Waals surface area contributed by atoms with Crippen LogP contribution in [0.2, 0.25) is 0 Å². The molecule has 6 heteroatoms. The number of carboxylic acid groups (broad SMARTS) is 1. The lowest BCUT2D eigenvalue weighted by molar-refractivity contribution is -0.137. The van der Waals surface area contributed by atoms with Crippen LogP contribution in [0.25, 0.3) is 0 Å². The van der Waals surface area contributed by atoms with Crippen LogP contribution in [0.3, 0.4) is 0 Å². The normalized spacial score (nSPS) is 10.9. The molecule has 0 amide bonds. The van der Waals surface area contributed by atoms with Crippen molar-refractivity contribution >= 4 is 21.9 Å². The van der Waals surface area contributed by atoms with E-state index in [1.54, 1.807) is 13.4 Å². The van der Waals surface area contributed by atoms with E-state index < -0.39 is 5.97 Å². The molecule has 0 aliphatic carbocycles. The molecule has 1 aromatic carbocycles. The molecule has 22 heavy (non-hydrogen) atoms. The first kappa shape index (κ1) is 16.6. The lowest BCUT2D eigenvalue weighted by Gasteiger charge is -2.21. The second-order valence-electron chi connectivity index (χ2n) is 4.90. The number of carbonyl (C=O) groups is 1. The van der Waals surface area contributed by atoms with Gasteiger partial charge in [0.25, 0.3) is 0 Å². The van der Waals surface area contributed by atoms with Crippen molar-refractivity contribution in [1.29, 1.82) is 0 Å². The molecule has 118 valence electrons. The first-order valence-electron chi connectivity index (χ1n) is 6.87. The number of hydrogen-bond donors (Lipinski definition) is 1. The highest BCUT2D eigenvalue weighted by Crippen LogP contribution is 2.26. The van der Waals surface area contributed by atoms with E-state index in [2.05, 4.69) is 15.9 Å². The molecular weight excluding hydrogens is 350 g/mol. The lowest BCUT2D eigenvalue weighted by Crippen LogP contribution is -2.25. The van der Waals surface area contributed by atoms with Gasteiger partial charge in [-0.25, -0.2) is 0 Å². The molecule has 1 N–H and O–H groups in total. The van der Waals surface area contributed by atoms with Gasteiger partial charge < -0.3 is 14.3 Å².